The molecule has 2 aliphatic heterocycles. The van der Waals surface area contributed by atoms with E-state index in [9.17, 15) is 36.6 Å². The average Bonchev–Trinajstić information content (AvgIpc) is 2.76. The number of nitrogens with two attached hydrogens (primary N) is 1. The number of ether oxygens (including phenoxy) is 1. The van der Waals surface area contributed by atoms with Crippen LogP contribution < -0.4 is 5.73 Å². The lowest BCUT2D eigenvalue weighted by Crippen LogP contribution is -2.58. The number of aliphatic hydroxyl groups excluding tert-OH is 1. The molecule has 35 heavy (non-hydrogen) atoms. The van der Waals surface area contributed by atoms with E-state index in [0.29, 0.717) is 4.90 Å². The lowest BCUT2D eigenvalue weighted by Gasteiger charge is -2.38. The van der Waals surface area contributed by atoms with Gasteiger partial charge in [-0.3, -0.25) is 9.59 Å². The molecule has 1 aromatic rings. The van der Waals surface area contributed by atoms with Gasteiger partial charge in [-0.2, -0.15) is 13.2 Å². The van der Waals surface area contributed by atoms with Crippen molar-refractivity contribution < 1.29 is 41.4 Å². The number of aliphatic hydroxyl groups is 1. The van der Waals surface area contributed by atoms with Crippen LogP contribution in [-0.4, -0.2) is 81.7 Å². The molecule has 0 radical (unpaired) electrons. The Kier molecular flexibility index (Phi) is 9.36. The van der Waals surface area contributed by atoms with E-state index in [1.165, 1.54) is 12.0 Å². The normalized spacial score (nSPS) is 20.8. The summed E-state index contributed by atoms with van der Waals surface area (Å²) < 4.78 is 72.9. The first kappa shape index (κ1) is 29.1. The Balaban J connectivity index is 0.00000432. The summed E-state index contributed by atoms with van der Waals surface area (Å²) in [6.07, 6.45) is -8.68. The molecule has 1 aromatic heterocycles. The van der Waals surface area contributed by atoms with Crippen LogP contribution in [0.3, 0.4) is 0 Å². The second kappa shape index (κ2) is 11.3. The molecule has 0 saturated carbocycles. The summed E-state index contributed by atoms with van der Waals surface area (Å²) in [7, 11) is 1.39. The molecule has 2 atom stereocenters. The highest BCUT2D eigenvalue weighted by Crippen LogP contribution is 2.34. The minimum absolute atomic E-state index is 0. The fraction of sp³-hybridized carbons (Fsp3) is 0.700. The molecule has 2 unspecified atom stereocenters. The molecule has 1 saturated heterocycles. The Morgan fingerprint density at radius 3 is 2.63 bits per heavy atom. The van der Waals surface area contributed by atoms with E-state index in [1.54, 1.807) is 0 Å². The van der Waals surface area contributed by atoms with Crippen LogP contribution in [0.4, 0.5) is 22.0 Å². The number of halogens is 6. The minimum atomic E-state index is -4.69. The fourth-order valence-corrected chi connectivity index (χ4v) is 4.02. The van der Waals surface area contributed by atoms with Crippen molar-refractivity contribution in [1.29, 1.82) is 0 Å². The molecule has 3 heterocycles. The van der Waals surface area contributed by atoms with Crippen molar-refractivity contribution in [2.24, 2.45) is 5.73 Å². The molecule has 3 rings (SSSR count). The first-order valence-electron chi connectivity index (χ1n) is 10.7. The number of alkyl halides is 5. The van der Waals surface area contributed by atoms with Crippen molar-refractivity contribution in [3.05, 3.63) is 22.8 Å². The highest BCUT2D eigenvalue weighted by atomic mass is 35.5. The number of hydrogen-bond donors (Lipinski definition) is 2. The number of piperidine rings is 1. The van der Waals surface area contributed by atoms with Crippen LogP contribution >= 0.6 is 12.4 Å². The summed E-state index contributed by atoms with van der Waals surface area (Å²) in [5, 5.41) is 9.78. The second-order valence-corrected chi connectivity index (χ2v) is 8.36. The molecule has 3 N–H and O–H groups in total. The highest BCUT2D eigenvalue weighted by Gasteiger charge is 2.48. The van der Waals surface area contributed by atoms with Crippen LogP contribution in [0, 0.1) is 0 Å². The number of rotatable bonds is 7. The van der Waals surface area contributed by atoms with Gasteiger partial charge in [-0.25, -0.2) is 18.7 Å². The van der Waals surface area contributed by atoms with Crippen molar-refractivity contribution in [2.75, 3.05) is 26.8 Å². The number of methoxy groups -OCH3 is 1. The summed E-state index contributed by atoms with van der Waals surface area (Å²) in [5.74, 6) is -4.77. The van der Waals surface area contributed by atoms with Gasteiger partial charge in [0.1, 0.15) is 5.82 Å². The van der Waals surface area contributed by atoms with Gasteiger partial charge >= 0.3 is 6.18 Å². The van der Waals surface area contributed by atoms with Gasteiger partial charge in [-0.15, -0.1) is 12.4 Å². The van der Waals surface area contributed by atoms with E-state index < -0.39 is 61.3 Å². The quantitative estimate of drug-likeness (QED) is 0.508. The predicted molar refractivity (Wildman–Crippen MR) is 113 cm³/mol. The SMILES string of the molecule is COCCc1nc2c(c(C(F)(F)F)n1)CCN(C(=O)CC(N)CN1C(=O)CCC(F)(F)C1O)C2.Cl. The van der Waals surface area contributed by atoms with E-state index in [0.717, 1.165) is 0 Å². The maximum Gasteiger partial charge on any atom is 0.433 e. The first-order valence-corrected chi connectivity index (χ1v) is 10.7. The smallest absolute Gasteiger partial charge is 0.384 e. The zero-order valence-electron chi connectivity index (χ0n) is 18.9. The van der Waals surface area contributed by atoms with Crippen molar-refractivity contribution in [1.82, 2.24) is 19.8 Å². The molecule has 2 aliphatic rings. The molecule has 198 valence electrons. The topological polar surface area (TPSA) is 122 Å². The van der Waals surface area contributed by atoms with Crippen molar-refractivity contribution in [3.8, 4) is 0 Å². The Bertz CT molecular complexity index is 936. The number of likely N-dealkylation sites (tertiary alicyclic amines) is 1. The highest BCUT2D eigenvalue weighted by molar-refractivity contribution is 5.85. The molecule has 1 fully saturated rings. The minimum Gasteiger partial charge on any atom is -0.384 e. The Morgan fingerprint density at radius 1 is 1.31 bits per heavy atom. The van der Waals surface area contributed by atoms with Crippen LogP contribution in [0.5, 0.6) is 0 Å². The second-order valence-electron chi connectivity index (χ2n) is 8.36. The summed E-state index contributed by atoms with van der Waals surface area (Å²) in [6.45, 7) is -0.581. The van der Waals surface area contributed by atoms with E-state index in [1.807, 2.05) is 0 Å². The Hall–Kier alpha value is -2.16. The largest absolute Gasteiger partial charge is 0.433 e. The standard InChI is InChI=1S/C20H26F5N5O4.ClH/c1-34-7-4-14-27-13-10-29(6-3-12(13)17(28-14)20(23,24)25)16(32)8-11(26)9-30-15(31)2-5-19(21,22)18(30)33;/h11,18,33H,2-10,26H2,1H3;1H. The van der Waals surface area contributed by atoms with Gasteiger partial charge in [0.2, 0.25) is 11.8 Å². The van der Waals surface area contributed by atoms with Crippen LogP contribution in [0.15, 0.2) is 0 Å². The van der Waals surface area contributed by atoms with E-state index in [-0.39, 0.29) is 68.4 Å². The van der Waals surface area contributed by atoms with Crippen LogP contribution in [0.25, 0.3) is 0 Å². The number of hydrogen-bond acceptors (Lipinski definition) is 7. The zero-order chi connectivity index (χ0) is 25.3. The summed E-state index contributed by atoms with van der Waals surface area (Å²) >= 11 is 0. The van der Waals surface area contributed by atoms with Crippen LogP contribution in [0.1, 0.15) is 42.0 Å². The Morgan fingerprint density at radius 2 is 2.00 bits per heavy atom. The lowest BCUT2D eigenvalue weighted by molar-refractivity contribution is -0.205. The molecule has 0 aromatic carbocycles. The van der Waals surface area contributed by atoms with Gasteiger partial charge in [0.15, 0.2) is 11.9 Å². The molecular formula is C20H27ClF5N5O4. The summed E-state index contributed by atoms with van der Waals surface area (Å²) in [4.78, 5) is 34.3. The molecule has 0 bridgehead atoms. The summed E-state index contributed by atoms with van der Waals surface area (Å²) in [5.41, 5.74) is 4.85. The maximum atomic E-state index is 13.7. The van der Waals surface area contributed by atoms with Gasteiger partial charge in [0.05, 0.1) is 18.8 Å². The maximum absolute atomic E-state index is 13.7. The zero-order valence-corrected chi connectivity index (χ0v) is 19.7. The first-order chi connectivity index (χ1) is 15.8. The number of aromatic nitrogens is 2. The average molecular weight is 532 g/mol. The number of carbonyl (C=O) groups excluding carboxylic acids is 2. The molecule has 2 amide bonds. The van der Waals surface area contributed by atoms with Gasteiger partial charge in [0.25, 0.3) is 5.92 Å². The third-order valence-corrected chi connectivity index (χ3v) is 5.80. The fourth-order valence-electron chi connectivity index (χ4n) is 4.02. The number of nitrogens with zero attached hydrogens (tertiary/aromatic N) is 4. The third kappa shape index (κ3) is 6.74. The summed E-state index contributed by atoms with van der Waals surface area (Å²) in [6, 6.07) is -1.06. The predicted octanol–water partition coefficient (Wildman–Crippen LogP) is 1.28. The van der Waals surface area contributed by atoms with E-state index in [2.05, 4.69) is 9.97 Å². The van der Waals surface area contributed by atoms with Gasteiger partial charge < -0.3 is 25.4 Å². The van der Waals surface area contributed by atoms with Gasteiger partial charge in [-0.05, 0) is 6.42 Å². The molecule has 9 nitrogen and oxygen atoms in total. The molecule has 0 spiro atoms. The number of amides is 2. The lowest BCUT2D eigenvalue weighted by atomic mass is 10.0. The number of fused-ring (bicyclic) bond motifs is 1. The number of carbonyl (C=O) groups is 2. The van der Waals surface area contributed by atoms with Gasteiger partial charge in [0, 0.05) is 57.5 Å². The third-order valence-electron chi connectivity index (χ3n) is 5.80. The Labute approximate surface area is 204 Å². The molecule has 0 aliphatic carbocycles. The van der Waals surface area contributed by atoms with E-state index in [4.69, 9.17) is 10.5 Å². The van der Waals surface area contributed by atoms with Gasteiger partial charge in [-0.1, -0.05) is 0 Å². The van der Waals surface area contributed by atoms with Crippen molar-refractivity contribution in [3.63, 3.8) is 0 Å². The van der Waals surface area contributed by atoms with Crippen LogP contribution in [0.2, 0.25) is 0 Å². The van der Waals surface area contributed by atoms with Crippen molar-refractivity contribution >= 4 is 24.2 Å². The van der Waals surface area contributed by atoms with E-state index >= 15 is 0 Å². The van der Waals surface area contributed by atoms with Crippen LogP contribution in [-0.2, 0) is 39.9 Å². The van der Waals surface area contributed by atoms with Crippen molar-refractivity contribution in [2.45, 2.75) is 63.0 Å². The molecular weight excluding hydrogens is 505 g/mol. The monoisotopic (exact) mass is 531 g/mol. The molecule has 15 heteroatoms.